The van der Waals surface area contributed by atoms with Gasteiger partial charge in [0.25, 0.3) is 0 Å². The lowest BCUT2D eigenvalue weighted by Gasteiger charge is -2.32. The Morgan fingerprint density at radius 1 is 0.844 bits per heavy atom. The number of carbonyl (C=O) groups is 1. The van der Waals surface area contributed by atoms with Crippen LogP contribution in [0.25, 0.3) is 16.3 Å². The van der Waals surface area contributed by atoms with Crippen LogP contribution in [0.3, 0.4) is 0 Å². The Kier molecular flexibility index (Phi) is 15.1. The van der Waals surface area contributed by atoms with Crippen molar-refractivity contribution in [3.05, 3.63) is 137 Å². The summed E-state index contributed by atoms with van der Waals surface area (Å²) in [6.07, 6.45) is 8.23. The molecule has 4 rings (SSSR count). The zero-order chi connectivity index (χ0) is 32.6. The third-order valence-corrected chi connectivity index (χ3v) is 8.18. The third kappa shape index (κ3) is 11.3. The summed E-state index contributed by atoms with van der Waals surface area (Å²) in [5, 5.41) is 9.93. The predicted octanol–water partition coefficient (Wildman–Crippen LogP) is 8.53. The zero-order valence-electron chi connectivity index (χ0n) is 27.8. The van der Waals surface area contributed by atoms with E-state index >= 15 is 0 Å². The molecule has 2 N–H and O–H groups in total. The number of amides is 1. The first kappa shape index (κ1) is 35.8. The number of hydrogen-bond donors (Lipinski definition) is 2. The molecule has 238 valence electrons. The number of halogens is 1. The van der Waals surface area contributed by atoms with Crippen molar-refractivity contribution in [2.75, 3.05) is 27.2 Å². The van der Waals surface area contributed by atoms with Crippen molar-refractivity contribution in [2.45, 2.75) is 59.0 Å². The van der Waals surface area contributed by atoms with Crippen molar-refractivity contribution in [1.82, 2.24) is 15.5 Å². The second kappa shape index (κ2) is 19.0. The molecule has 2 atom stereocenters. The molecule has 45 heavy (non-hydrogen) atoms. The predicted molar refractivity (Wildman–Crippen MR) is 195 cm³/mol. The van der Waals surface area contributed by atoms with Gasteiger partial charge in [0.15, 0.2) is 0 Å². The van der Waals surface area contributed by atoms with E-state index in [1.165, 1.54) is 27.5 Å². The van der Waals surface area contributed by atoms with E-state index in [0.29, 0.717) is 6.42 Å². The minimum atomic E-state index is -0.0492. The molecule has 0 radical (unpaired) electrons. The average molecular weight is 624 g/mol. The molecule has 4 nitrogen and oxygen atoms in total. The van der Waals surface area contributed by atoms with Crippen molar-refractivity contribution in [2.24, 2.45) is 0 Å². The molecule has 0 bridgehead atoms. The summed E-state index contributed by atoms with van der Waals surface area (Å²) in [6, 6.07) is 31.6. The summed E-state index contributed by atoms with van der Waals surface area (Å²) in [7, 11) is 4.14. The molecule has 4 aromatic rings. The van der Waals surface area contributed by atoms with Gasteiger partial charge in [-0.15, -0.1) is 0 Å². The van der Waals surface area contributed by atoms with Crippen LogP contribution in [0.2, 0.25) is 5.02 Å². The number of allylic oxidation sites excluding steroid dienone is 4. The molecule has 1 unspecified atom stereocenters. The van der Waals surface area contributed by atoms with Gasteiger partial charge in [0, 0.05) is 30.2 Å². The molecule has 0 spiro atoms. The van der Waals surface area contributed by atoms with Crippen LogP contribution >= 0.6 is 11.6 Å². The van der Waals surface area contributed by atoms with E-state index in [9.17, 15) is 4.79 Å². The number of fused-ring (bicyclic) bond motifs is 1. The Hall–Kier alpha value is -3.70. The SMILES string of the molecule is C/C=C\C(=C/C)c1ccc(CC(=O)N[C@@H](Cc2ccc3ccccc3c2)CN(C)C(CNC)Cc2ccc(Cl)cc2)cc1.CC. The molecule has 0 fully saturated rings. The Morgan fingerprint density at radius 2 is 1.49 bits per heavy atom. The first-order chi connectivity index (χ1) is 21.9. The summed E-state index contributed by atoms with van der Waals surface area (Å²) >= 11 is 6.13. The topological polar surface area (TPSA) is 44.4 Å². The highest BCUT2D eigenvalue weighted by molar-refractivity contribution is 6.30. The normalized spacial score (nSPS) is 13.0. The maximum absolute atomic E-state index is 13.4. The molecular formula is C40H50ClN3O. The summed E-state index contributed by atoms with van der Waals surface area (Å²) < 4.78 is 0. The maximum Gasteiger partial charge on any atom is 0.224 e. The van der Waals surface area contributed by atoms with E-state index in [1.807, 2.05) is 53.0 Å². The van der Waals surface area contributed by atoms with E-state index in [1.54, 1.807) is 0 Å². The minimum Gasteiger partial charge on any atom is -0.351 e. The Balaban J connectivity index is 0.00000271. The van der Waals surface area contributed by atoms with Gasteiger partial charge in [0.2, 0.25) is 5.91 Å². The lowest BCUT2D eigenvalue weighted by atomic mass is 9.99. The summed E-state index contributed by atoms with van der Waals surface area (Å²) in [5.74, 6) is 0.0366. The Morgan fingerprint density at radius 3 is 2.13 bits per heavy atom. The molecule has 0 saturated carbocycles. The highest BCUT2D eigenvalue weighted by Gasteiger charge is 2.21. The molecule has 0 aromatic heterocycles. The lowest BCUT2D eigenvalue weighted by Crippen LogP contribution is -2.49. The standard InChI is InChI=1S/C38H44ClN3O.C2H6/c1-5-9-31(6-2)33-17-12-29(13-18-33)25-38(43)41-36(23-30-14-19-32-10-7-8-11-34(32)22-30)27-42(4)37(26-40-3)24-28-15-20-35(39)21-16-28;1-2/h5-22,36-37,40H,23-27H2,1-4H3,(H,41,43);1-2H3/b9-5-,31-6+;/t36-,37?;/m0./s1. The first-order valence-corrected chi connectivity index (χ1v) is 16.5. The number of hydrogen-bond acceptors (Lipinski definition) is 3. The van der Waals surface area contributed by atoms with Gasteiger partial charge in [0.05, 0.1) is 6.42 Å². The summed E-state index contributed by atoms with van der Waals surface area (Å²) in [5.41, 5.74) is 5.78. The largest absolute Gasteiger partial charge is 0.351 e. The van der Waals surface area contributed by atoms with Crippen LogP contribution in [0, 0.1) is 0 Å². The Labute approximate surface area is 276 Å². The van der Waals surface area contributed by atoms with Gasteiger partial charge >= 0.3 is 0 Å². The van der Waals surface area contributed by atoms with E-state index in [4.69, 9.17) is 11.6 Å². The van der Waals surface area contributed by atoms with Crippen LogP contribution in [-0.2, 0) is 24.1 Å². The fourth-order valence-electron chi connectivity index (χ4n) is 5.64. The number of nitrogens with zero attached hydrogens (tertiary/aromatic N) is 1. The van der Waals surface area contributed by atoms with Crippen molar-refractivity contribution in [3.63, 3.8) is 0 Å². The fraction of sp³-hybridized carbons (Fsp3) is 0.325. The molecule has 0 heterocycles. The number of likely N-dealkylation sites (N-methyl/N-ethyl adjacent to an activating group) is 2. The fourth-order valence-corrected chi connectivity index (χ4v) is 5.76. The minimum absolute atomic E-state index is 0.0366. The average Bonchev–Trinajstić information content (AvgIpc) is 3.05. The molecule has 5 heteroatoms. The molecule has 0 aliphatic heterocycles. The van der Waals surface area contributed by atoms with Gasteiger partial charge in [-0.05, 0) is 91.5 Å². The van der Waals surface area contributed by atoms with Gasteiger partial charge < -0.3 is 10.6 Å². The van der Waals surface area contributed by atoms with Gasteiger partial charge in [-0.1, -0.05) is 123 Å². The summed E-state index contributed by atoms with van der Waals surface area (Å²) in [6.45, 7) is 9.63. The first-order valence-electron chi connectivity index (χ1n) is 16.1. The second-order valence-electron chi connectivity index (χ2n) is 11.2. The number of nitrogens with one attached hydrogen (secondary N) is 2. The number of rotatable bonds is 14. The van der Waals surface area contributed by atoms with Crippen molar-refractivity contribution in [3.8, 4) is 0 Å². The van der Waals surface area contributed by atoms with Gasteiger partial charge in [-0.3, -0.25) is 9.69 Å². The van der Waals surface area contributed by atoms with Crippen LogP contribution < -0.4 is 10.6 Å². The van der Waals surface area contributed by atoms with Crippen LogP contribution in [-0.4, -0.2) is 50.1 Å². The van der Waals surface area contributed by atoms with E-state index in [2.05, 4.69) is 114 Å². The van der Waals surface area contributed by atoms with Crippen molar-refractivity contribution in [1.29, 1.82) is 0 Å². The quantitative estimate of drug-likeness (QED) is 0.138. The second-order valence-corrected chi connectivity index (χ2v) is 11.7. The molecule has 0 aliphatic rings. The van der Waals surface area contributed by atoms with Gasteiger partial charge in [-0.25, -0.2) is 0 Å². The van der Waals surface area contributed by atoms with Crippen molar-refractivity contribution < 1.29 is 4.79 Å². The molecule has 1 amide bonds. The molecule has 0 saturated heterocycles. The highest BCUT2D eigenvalue weighted by Crippen LogP contribution is 2.19. The van der Waals surface area contributed by atoms with Crippen LogP contribution in [0.4, 0.5) is 0 Å². The van der Waals surface area contributed by atoms with Crippen LogP contribution in [0.1, 0.15) is 49.9 Å². The van der Waals surface area contributed by atoms with E-state index in [-0.39, 0.29) is 18.0 Å². The third-order valence-electron chi connectivity index (χ3n) is 7.93. The van der Waals surface area contributed by atoms with E-state index in [0.717, 1.165) is 42.1 Å². The number of benzene rings is 4. The smallest absolute Gasteiger partial charge is 0.224 e. The van der Waals surface area contributed by atoms with Gasteiger partial charge in [-0.2, -0.15) is 0 Å². The van der Waals surface area contributed by atoms with Gasteiger partial charge in [0.1, 0.15) is 0 Å². The summed E-state index contributed by atoms with van der Waals surface area (Å²) in [4.78, 5) is 15.8. The monoisotopic (exact) mass is 623 g/mol. The molecular weight excluding hydrogens is 574 g/mol. The van der Waals surface area contributed by atoms with Crippen molar-refractivity contribution >= 4 is 33.9 Å². The van der Waals surface area contributed by atoms with Crippen LogP contribution in [0.15, 0.2) is 109 Å². The Bertz CT molecular complexity index is 1530. The lowest BCUT2D eigenvalue weighted by molar-refractivity contribution is -0.121. The number of carbonyl (C=O) groups excluding carboxylic acids is 1. The molecule has 4 aromatic carbocycles. The van der Waals surface area contributed by atoms with Crippen LogP contribution in [0.5, 0.6) is 0 Å². The van der Waals surface area contributed by atoms with E-state index < -0.39 is 0 Å². The maximum atomic E-state index is 13.4. The highest BCUT2D eigenvalue weighted by atomic mass is 35.5. The molecule has 0 aliphatic carbocycles. The zero-order valence-corrected chi connectivity index (χ0v) is 28.6.